The molecule has 0 bridgehead atoms. The van der Waals surface area contributed by atoms with Gasteiger partial charge >= 0.3 is 12.0 Å². The fraction of sp³-hybridized carbons (Fsp3) is 0.857. The van der Waals surface area contributed by atoms with E-state index in [0.717, 1.165) is 19.4 Å². The molecule has 1 fully saturated rings. The molecule has 1 saturated heterocycles. The summed E-state index contributed by atoms with van der Waals surface area (Å²) in [6.45, 7) is 7.39. The van der Waals surface area contributed by atoms with E-state index in [0.29, 0.717) is 19.0 Å². The summed E-state index contributed by atoms with van der Waals surface area (Å²) in [5.41, 5.74) is 0. The maximum Gasteiger partial charge on any atom is 0.320 e. The molecule has 19 heavy (non-hydrogen) atoms. The summed E-state index contributed by atoms with van der Waals surface area (Å²) in [4.78, 5) is 26.8. The molecule has 0 aromatic heterocycles. The summed E-state index contributed by atoms with van der Waals surface area (Å²) in [5.74, 6) is -0.803. The quantitative estimate of drug-likeness (QED) is 0.835. The average Bonchev–Trinajstić information content (AvgIpc) is 2.33. The van der Waals surface area contributed by atoms with Crippen LogP contribution in [-0.4, -0.2) is 52.1 Å². The molecule has 0 spiro atoms. The van der Waals surface area contributed by atoms with Gasteiger partial charge in [0, 0.05) is 31.6 Å². The van der Waals surface area contributed by atoms with Crippen molar-refractivity contribution in [1.29, 1.82) is 0 Å². The van der Waals surface area contributed by atoms with Crippen LogP contribution in [0.5, 0.6) is 0 Å². The molecule has 0 saturated carbocycles. The highest BCUT2D eigenvalue weighted by Gasteiger charge is 2.28. The van der Waals surface area contributed by atoms with Crippen LogP contribution in [0.15, 0.2) is 0 Å². The molecule has 5 heteroatoms. The number of amides is 2. The first-order chi connectivity index (χ1) is 8.93. The summed E-state index contributed by atoms with van der Waals surface area (Å²) in [6, 6.07) is 0.463. The topological polar surface area (TPSA) is 60.9 Å². The monoisotopic (exact) mass is 270 g/mol. The first-order valence-corrected chi connectivity index (χ1v) is 7.22. The molecule has 0 aromatic rings. The van der Waals surface area contributed by atoms with Crippen molar-refractivity contribution in [1.82, 2.24) is 9.80 Å². The Labute approximate surface area is 115 Å². The smallest absolute Gasteiger partial charge is 0.320 e. The number of carboxylic acids is 1. The van der Waals surface area contributed by atoms with Crippen LogP contribution in [0.1, 0.15) is 52.9 Å². The Hall–Kier alpha value is -1.26. The number of rotatable bonds is 5. The van der Waals surface area contributed by atoms with Crippen molar-refractivity contribution in [2.75, 3.05) is 13.1 Å². The third-order valence-corrected chi connectivity index (χ3v) is 3.71. The van der Waals surface area contributed by atoms with Crippen molar-refractivity contribution >= 4 is 12.0 Å². The second kappa shape index (κ2) is 7.36. The Morgan fingerprint density at radius 3 is 2.58 bits per heavy atom. The summed E-state index contributed by atoms with van der Waals surface area (Å²) < 4.78 is 0. The number of urea groups is 1. The van der Waals surface area contributed by atoms with E-state index in [1.165, 1.54) is 6.42 Å². The van der Waals surface area contributed by atoms with E-state index < -0.39 is 5.97 Å². The fourth-order valence-corrected chi connectivity index (χ4v) is 2.52. The van der Waals surface area contributed by atoms with Crippen LogP contribution in [0, 0.1) is 0 Å². The van der Waals surface area contributed by atoms with Crippen LogP contribution in [0.2, 0.25) is 0 Å². The fourth-order valence-electron chi connectivity index (χ4n) is 2.52. The van der Waals surface area contributed by atoms with Crippen LogP contribution in [0.25, 0.3) is 0 Å². The zero-order valence-corrected chi connectivity index (χ0v) is 12.3. The van der Waals surface area contributed by atoms with Gasteiger partial charge < -0.3 is 14.9 Å². The van der Waals surface area contributed by atoms with Crippen molar-refractivity contribution in [2.24, 2.45) is 0 Å². The van der Waals surface area contributed by atoms with Gasteiger partial charge in [-0.2, -0.15) is 0 Å². The largest absolute Gasteiger partial charge is 0.481 e. The summed E-state index contributed by atoms with van der Waals surface area (Å²) in [6.07, 6.45) is 3.95. The molecule has 1 N–H and O–H groups in total. The number of carbonyl (C=O) groups is 2. The predicted octanol–water partition coefficient (Wildman–Crippen LogP) is 2.56. The van der Waals surface area contributed by atoms with E-state index in [1.807, 2.05) is 18.7 Å². The highest BCUT2D eigenvalue weighted by atomic mass is 16.4. The number of nitrogens with zero attached hydrogens (tertiary/aromatic N) is 2. The molecular weight excluding hydrogens is 244 g/mol. The van der Waals surface area contributed by atoms with E-state index in [9.17, 15) is 9.59 Å². The van der Waals surface area contributed by atoms with Gasteiger partial charge in [-0.25, -0.2) is 4.79 Å². The minimum absolute atomic E-state index is 0.0626. The van der Waals surface area contributed by atoms with Crippen molar-refractivity contribution in [3.8, 4) is 0 Å². The lowest BCUT2D eigenvalue weighted by Gasteiger charge is -2.39. The van der Waals surface area contributed by atoms with E-state index in [4.69, 9.17) is 5.11 Å². The minimum Gasteiger partial charge on any atom is -0.481 e. The minimum atomic E-state index is -0.803. The molecule has 0 radical (unpaired) electrons. The highest BCUT2D eigenvalue weighted by molar-refractivity contribution is 5.75. The van der Waals surface area contributed by atoms with E-state index in [2.05, 4.69) is 6.92 Å². The molecule has 1 rings (SSSR count). The van der Waals surface area contributed by atoms with Crippen LogP contribution < -0.4 is 0 Å². The number of carbonyl (C=O) groups excluding carboxylic acids is 1. The maximum atomic E-state index is 12.5. The maximum absolute atomic E-state index is 12.5. The number of piperidine rings is 1. The SMILES string of the molecule is CC(C)N(CCCC(=O)O)C(=O)N1CCCCC1C. The predicted molar refractivity (Wildman–Crippen MR) is 74.1 cm³/mol. The van der Waals surface area contributed by atoms with Crippen molar-refractivity contribution in [3.63, 3.8) is 0 Å². The first-order valence-electron chi connectivity index (χ1n) is 7.22. The van der Waals surface area contributed by atoms with Crippen LogP contribution in [0.4, 0.5) is 4.79 Å². The van der Waals surface area contributed by atoms with Gasteiger partial charge in [-0.15, -0.1) is 0 Å². The molecule has 1 unspecified atom stereocenters. The second-order valence-electron chi connectivity index (χ2n) is 5.61. The third kappa shape index (κ3) is 4.73. The zero-order chi connectivity index (χ0) is 14.4. The average molecular weight is 270 g/mol. The van der Waals surface area contributed by atoms with Crippen LogP contribution >= 0.6 is 0 Å². The number of likely N-dealkylation sites (tertiary alicyclic amines) is 1. The molecule has 1 atom stereocenters. The Morgan fingerprint density at radius 1 is 1.37 bits per heavy atom. The molecule has 110 valence electrons. The molecular formula is C14H26N2O3. The summed E-state index contributed by atoms with van der Waals surface area (Å²) in [7, 11) is 0. The van der Waals surface area contributed by atoms with Crippen molar-refractivity contribution in [2.45, 2.75) is 65.0 Å². The number of carboxylic acid groups (broad SMARTS) is 1. The van der Waals surface area contributed by atoms with E-state index in [1.54, 1.807) is 4.90 Å². The Morgan fingerprint density at radius 2 is 2.05 bits per heavy atom. The standard InChI is InChI=1S/C14H26N2O3/c1-11(2)15(10-6-8-13(17)18)14(19)16-9-5-4-7-12(16)3/h11-12H,4-10H2,1-3H3,(H,17,18). The lowest BCUT2D eigenvalue weighted by Crippen LogP contribution is -2.51. The Bertz CT molecular complexity index is 318. The van der Waals surface area contributed by atoms with Gasteiger partial charge in [0.2, 0.25) is 0 Å². The molecule has 0 aromatic carbocycles. The summed E-state index contributed by atoms with van der Waals surface area (Å²) in [5, 5.41) is 8.68. The molecule has 5 nitrogen and oxygen atoms in total. The molecule has 0 aliphatic carbocycles. The number of hydrogen-bond donors (Lipinski definition) is 1. The summed E-state index contributed by atoms with van der Waals surface area (Å²) >= 11 is 0. The van der Waals surface area contributed by atoms with Gasteiger partial charge in [0.1, 0.15) is 0 Å². The van der Waals surface area contributed by atoms with E-state index >= 15 is 0 Å². The van der Waals surface area contributed by atoms with Gasteiger partial charge in [0.25, 0.3) is 0 Å². The number of aliphatic carboxylic acids is 1. The normalized spacial score (nSPS) is 19.6. The van der Waals surface area contributed by atoms with Gasteiger partial charge in [-0.05, 0) is 46.5 Å². The van der Waals surface area contributed by atoms with E-state index in [-0.39, 0.29) is 18.5 Å². The number of hydrogen-bond acceptors (Lipinski definition) is 2. The molecule has 1 aliphatic rings. The molecule has 1 heterocycles. The van der Waals surface area contributed by atoms with Crippen LogP contribution in [0.3, 0.4) is 0 Å². The first kappa shape index (κ1) is 15.8. The van der Waals surface area contributed by atoms with Crippen molar-refractivity contribution < 1.29 is 14.7 Å². The van der Waals surface area contributed by atoms with Crippen LogP contribution in [-0.2, 0) is 4.79 Å². The van der Waals surface area contributed by atoms with Gasteiger partial charge in [-0.1, -0.05) is 0 Å². The Balaban J connectivity index is 2.58. The molecule has 2 amide bonds. The molecule has 1 aliphatic heterocycles. The zero-order valence-electron chi connectivity index (χ0n) is 12.3. The highest BCUT2D eigenvalue weighted by Crippen LogP contribution is 2.19. The third-order valence-electron chi connectivity index (χ3n) is 3.71. The van der Waals surface area contributed by atoms with Gasteiger partial charge in [0.15, 0.2) is 0 Å². The Kier molecular flexibility index (Phi) is 6.12. The lowest BCUT2D eigenvalue weighted by molar-refractivity contribution is -0.137. The lowest BCUT2D eigenvalue weighted by atomic mass is 10.0. The van der Waals surface area contributed by atoms with Crippen molar-refractivity contribution in [3.05, 3.63) is 0 Å². The van der Waals surface area contributed by atoms with Gasteiger partial charge in [0.05, 0.1) is 0 Å². The van der Waals surface area contributed by atoms with Gasteiger partial charge in [-0.3, -0.25) is 4.79 Å². The second-order valence-corrected chi connectivity index (χ2v) is 5.61.